The highest BCUT2D eigenvalue weighted by Crippen LogP contribution is 2.23. The molecule has 1 aromatic heterocycles. The van der Waals surface area contributed by atoms with Gasteiger partial charge in [0.25, 0.3) is 0 Å². The van der Waals surface area contributed by atoms with Crippen molar-refractivity contribution in [2.24, 2.45) is 5.92 Å². The molecule has 2 amide bonds. The van der Waals surface area contributed by atoms with Crippen LogP contribution >= 0.6 is 0 Å². The molecular weight excluding hydrogens is 354 g/mol. The Hall–Kier alpha value is -2.96. The number of hydrogen-bond acceptors (Lipinski definition) is 5. The van der Waals surface area contributed by atoms with Gasteiger partial charge in [-0.3, -0.25) is 9.59 Å². The molecule has 28 heavy (non-hydrogen) atoms. The van der Waals surface area contributed by atoms with Crippen LogP contribution in [-0.4, -0.2) is 64.3 Å². The van der Waals surface area contributed by atoms with Crippen LogP contribution in [0.4, 0.5) is 5.82 Å². The molecule has 0 N–H and O–H groups in total. The summed E-state index contributed by atoms with van der Waals surface area (Å²) in [6.45, 7) is 5.84. The van der Waals surface area contributed by atoms with Crippen LogP contribution in [-0.2, 0) is 16.1 Å². The highest BCUT2D eigenvalue weighted by atomic mass is 16.2. The summed E-state index contributed by atoms with van der Waals surface area (Å²) in [6, 6.07) is 11.9. The van der Waals surface area contributed by atoms with Crippen molar-refractivity contribution >= 4 is 17.6 Å². The van der Waals surface area contributed by atoms with E-state index in [1.54, 1.807) is 11.2 Å². The van der Waals surface area contributed by atoms with Crippen LogP contribution in [0.5, 0.6) is 0 Å². The van der Waals surface area contributed by atoms with E-state index in [0.29, 0.717) is 32.6 Å². The lowest BCUT2D eigenvalue weighted by Gasteiger charge is -2.36. The lowest BCUT2D eigenvalue weighted by Crippen LogP contribution is -2.51. The van der Waals surface area contributed by atoms with E-state index >= 15 is 0 Å². The van der Waals surface area contributed by atoms with Crippen molar-refractivity contribution in [2.75, 3.05) is 37.6 Å². The molecule has 4 rings (SSSR count). The molecule has 0 radical (unpaired) electrons. The second kappa shape index (κ2) is 7.96. The van der Waals surface area contributed by atoms with Crippen molar-refractivity contribution in [1.29, 1.82) is 0 Å². The topological polar surface area (TPSA) is 69.6 Å². The Labute approximate surface area is 165 Å². The van der Waals surface area contributed by atoms with E-state index in [4.69, 9.17) is 0 Å². The third kappa shape index (κ3) is 3.98. The molecule has 2 fully saturated rings. The standard InChI is InChI=1S/C21H25N5O2/c1-16-11-19(23-15-22-16)24-7-9-25(10-8-24)21(28)18-12-20(27)26(14-18)13-17-5-3-2-4-6-17/h2-6,11,15,18H,7-10,12-14H2,1H3. The van der Waals surface area contributed by atoms with Crippen molar-refractivity contribution in [3.63, 3.8) is 0 Å². The normalized spacial score (nSPS) is 20.0. The number of benzene rings is 1. The van der Waals surface area contributed by atoms with Gasteiger partial charge >= 0.3 is 0 Å². The molecule has 1 unspecified atom stereocenters. The van der Waals surface area contributed by atoms with Crippen molar-refractivity contribution in [2.45, 2.75) is 19.9 Å². The van der Waals surface area contributed by atoms with Crippen LogP contribution in [0.15, 0.2) is 42.7 Å². The summed E-state index contributed by atoms with van der Waals surface area (Å²) < 4.78 is 0. The zero-order valence-corrected chi connectivity index (χ0v) is 16.1. The smallest absolute Gasteiger partial charge is 0.228 e. The van der Waals surface area contributed by atoms with E-state index in [9.17, 15) is 9.59 Å². The van der Waals surface area contributed by atoms with Gasteiger partial charge in [0.2, 0.25) is 11.8 Å². The Balaban J connectivity index is 1.32. The van der Waals surface area contributed by atoms with Gasteiger partial charge in [0.1, 0.15) is 12.1 Å². The van der Waals surface area contributed by atoms with Gasteiger partial charge in [0, 0.05) is 57.4 Å². The van der Waals surface area contributed by atoms with E-state index in [0.717, 1.165) is 30.2 Å². The van der Waals surface area contributed by atoms with Crippen molar-refractivity contribution in [3.05, 3.63) is 54.0 Å². The molecule has 2 saturated heterocycles. The Morgan fingerprint density at radius 3 is 2.57 bits per heavy atom. The second-order valence-electron chi connectivity index (χ2n) is 7.49. The number of carbonyl (C=O) groups excluding carboxylic acids is 2. The molecule has 1 aromatic carbocycles. The average molecular weight is 379 g/mol. The van der Waals surface area contributed by atoms with Crippen LogP contribution in [0.25, 0.3) is 0 Å². The lowest BCUT2D eigenvalue weighted by molar-refractivity contribution is -0.136. The first kappa shape index (κ1) is 18.4. The predicted molar refractivity (Wildman–Crippen MR) is 106 cm³/mol. The fourth-order valence-electron chi connectivity index (χ4n) is 3.92. The van der Waals surface area contributed by atoms with E-state index in [1.807, 2.05) is 48.2 Å². The lowest BCUT2D eigenvalue weighted by atomic mass is 10.1. The molecule has 2 aromatic rings. The van der Waals surface area contributed by atoms with Crippen LogP contribution < -0.4 is 4.90 Å². The number of rotatable bonds is 4. The molecule has 3 heterocycles. The molecular formula is C21H25N5O2. The Kier molecular flexibility index (Phi) is 5.23. The van der Waals surface area contributed by atoms with Gasteiger partial charge in [-0.05, 0) is 12.5 Å². The zero-order valence-electron chi connectivity index (χ0n) is 16.1. The van der Waals surface area contributed by atoms with E-state index in [-0.39, 0.29) is 17.7 Å². The van der Waals surface area contributed by atoms with Crippen LogP contribution in [0.1, 0.15) is 17.7 Å². The van der Waals surface area contributed by atoms with Crippen LogP contribution in [0.2, 0.25) is 0 Å². The van der Waals surface area contributed by atoms with Gasteiger partial charge in [-0.25, -0.2) is 9.97 Å². The van der Waals surface area contributed by atoms with E-state index < -0.39 is 0 Å². The van der Waals surface area contributed by atoms with Gasteiger partial charge in [-0.1, -0.05) is 30.3 Å². The zero-order chi connectivity index (χ0) is 19.5. The van der Waals surface area contributed by atoms with Crippen molar-refractivity contribution in [3.8, 4) is 0 Å². The number of anilines is 1. The summed E-state index contributed by atoms with van der Waals surface area (Å²) in [5, 5.41) is 0. The molecule has 0 aliphatic carbocycles. The monoisotopic (exact) mass is 379 g/mol. The average Bonchev–Trinajstić information content (AvgIpc) is 3.08. The maximum atomic E-state index is 12.9. The first-order valence-corrected chi connectivity index (χ1v) is 9.74. The predicted octanol–water partition coefficient (Wildman–Crippen LogP) is 1.48. The van der Waals surface area contributed by atoms with Gasteiger partial charge in [0.05, 0.1) is 5.92 Å². The number of nitrogens with zero attached hydrogens (tertiary/aromatic N) is 5. The molecule has 2 aliphatic heterocycles. The quantitative estimate of drug-likeness (QED) is 0.805. The maximum Gasteiger partial charge on any atom is 0.228 e. The highest BCUT2D eigenvalue weighted by molar-refractivity contribution is 5.89. The summed E-state index contributed by atoms with van der Waals surface area (Å²) in [6.07, 6.45) is 1.89. The third-order valence-corrected chi connectivity index (χ3v) is 5.48. The maximum absolute atomic E-state index is 12.9. The Morgan fingerprint density at radius 1 is 1.11 bits per heavy atom. The van der Waals surface area contributed by atoms with Gasteiger partial charge in [0.15, 0.2) is 0 Å². The number of likely N-dealkylation sites (tertiary alicyclic amines) is 1. The van der Waals surface area contributed by atoms with E-state index in [1.165, 1.54) is 0 Å². The molecule has 146 valence electrons. The summed E-state index contributed by atoms with van der Waals surface area (Å²) in [7, 11) is 0. The first-order chi connectivity index (χ1) is 13.6. The summed E-state index contributed by atoms with van der Waals surface area (Å²) >= 11 is 0. The molecule has 2 aliphatic rings. The number of piperazine rings is 1. The van der Waals surface area contributed by atoms with Gasteiger partial charge in [-0.2, -0.15) is 0 Å². The molecule has 7 heteroatoms. The highest BCUT2D eigenvalue weighted by Gasteiger charge is 2.37. The minimum Gasteiger partial charge on any atom is -0.353 e. The fraction of sp³-hybridized carbons (Fsp3) is 0.429. The molecule has 0 saturated carbocycles. The van der Waals surface area contributed by atoms with Gasteiger partial charge < -0.3 is 14.7 Å². The Morgan fingerprint density at radius 2 is 1.86 bits per heavy atom. The fourth-order valence-corrected chi connectivity index (χ4v) is 3.92. The number of aryl methyl sites for hydroxylation is 1. The van der Waals surface area contributed by atoms with Crippen LogP contribution in [0.3, 0.4) is 0 Å². The number of carbonyl (C=O) groups is 2. The van der Waals surface area contributed by atoms with Crippen molar-refractivity contribution < 1.29 is 9.59 Å². The van der Waals surface area contributed by atoms with Gasteiger partial charge in [-0.15, -0.1) is 0 Å². The first-order valence-electron chi connectivity index (χ1n) is 9.74. The summed E-state index contributed by atoms with van der Waals surface area (Å²) in [4.78, 5) is 39.7. The van der Waals surface area contributed by atoms with Crippen molar-refractivity contribution in [1.82, 2.24) is 19.8 Å². The Bertz CT molecular complexity index is 849. The van der Waals surface area contributed by atoms with E-state index in [2.05, 4.69) is 14.9 Å². The summed E-state index contributed by atoms with van der Waals surface area (Å²) in [5.41, 5.74) is 2.03. The third-order valence-electron chi connectivity index (χ3n) is 5.48. The number of amides is 2. The minimum absolute atomic E-state index is 0.0669. The molecule has 1 atom stereocenters. The molecule has 0 bridgehead atoms. The SMILES string of the molecule is Cc1cc(N2CCN(C(=O)C3CC(=O)N(Cc4ccccc4)C3)CC2)ncn1. The largest absolute Gasteiger partial charge is 0.353 e. The second-order valence-corrected chi connectivity index (χ2v) is 7.49. The summed E-state index contributed by atoms with van der Waals surface area (Å²) in [5.74, 6) is 0.841. The number of hydrogen-bond donors (Lipinski definition) is 0. The minimum atomic E-state index is -0.232. The molecule has 7 nitrogen and oxygen atoms in total. The number of aromatic nitrogens is 2. The molecule has 0 spiro atoms. The van der Waals surface area contributed by atoms with Crippen LogP contribution in [0, 0.1) is 12.8 Å².